The van der Waals surface area contributed by atoms with Crippen LogP contribution in [0.3, 0.4) is 0 Å². The van der Waals surface area contributed by atoms with Crippen LogP contribution < -0.4 is 0 Å². The molecule has 15 heavy (non-hydrogen) atoms. The molecule has 1 radical (unpaired) electrons. The smallest absolute Gasteiger partial charge is 0.0268 e. The van der Waals surface area contributed by atoms with Crippen LogP contribution in [-0.4, -0.2) is 4.98 Å². The number of aryl methyl sites for hydroxylation is 2. The van der Waals surface area contributed by atoms with Crippen LogP contribution in [0.1, 0.15) is 11.3 Å². The molecule has 1 aromatic carbocycles. The molecule has 2 aromatic rings. The quantitative estimate of drug-likeness (QED) is 0.699. The SMILES string of the molecule is Cc1cc(C)nc(-c2[c-]cccc2)c1.[Ir]. The van der Waals surface area contributed by atoms with E-state index < -0.39 is 0 Å². The zero-order chi connectivity index (χ0) is 9.97. The van der Waals surface area contributed by atoms with Crippen molar-refractivity contribution in [3.05, 3.63) is 53.7 Å². The average Bonchev–Trinajstić information content (AvgIpc) is 2.18. The first-order valence-electron chi connectivity index (χ1n) is 4.68. The summed E-state index contributed by atoms with van der Waals surface area (Å²) in [5.41, 5.74) is 4.35. The second kappa shape index (κ2) is 5.20. The molecule has 0 aliphatic rings. The zero-order valence-electron chi connectivity index (χ0n) is 8.74. The van der Waals surface area contributed by atoms with Crippen LogP contribution in [0.2, 0.25) is 0 Å². The van der Waals surface area contributed by atoms with E-state index in [0.717, 1.165) is 17.0 Å². The number of hydrogen-bond acceptors (Lipinski definition) is 1. The molecule has 0 spiro atoms. The van der Waals surface area contributed by atoms with Gasteiger partial charge in [-0.2, -0.15) is 0 Å². The molecule has 0 bridgehead atoms. The van der Waals surface area contributed by atoms with Crippen molar-refractivity contribution in [2.45, 2.75) is 13.8 Å². The minimum absolute atomic E-state index is 0. The summed E-state index contributed by atoms with van der Waals surface area (Å²) in [5, 5.41) is 0. The number of pyridine rings is 1. The summed E-state index contributed by atoms with van der Waals surface area (Å²) in [7, 11) is 0. The fraction of sp³-hybridized carbons (Fsp3) is 0.154. The predicted molar refractivity (Wildman–Crippen MR) is 58.0 cm³/mol. The van der Waals surface area contributed by atoms with Gasteiger partial charge in [0.25, 0.3) is 0 Å². The molecule has 0 atom stereocenters. The predicted octanol–water partition coefficient (Wildman–Crippen LogP) is 3.16. The fourth-order valence-corrected chi connectivity index (χ4v) is 1.53. The average molecular weight is 374 g/mol. The number of benzene rings is 1. The monoisotopic (exact) mass is 375 g/mol. The van der Waals surface area contributed by atoms with Crippen molar-refractivity contribution >= 4 is 0 Å². The Morgan fingerprint density at radius 2 is 1.93 bits per heavy atom. The van der Waals surface area contributed by atoms with Crippen molar-refractivity contribution in [2.24, 2.45) is 0 Å². The Bertz CT molecular complexity index is 417. The van der Waals surface area contributed by atoms with Crippen molar-refractivity contribution in [3.63, 3.8) is 0 Å². The summed E-state index contributed by atoms with van der Waals surface area (Å²) in [6, 6.07) is 15.2. The van der Waals surface area contributed by atoms with E-state index in [-0.39, 0.29) is 20.1 Å². The van der Waals surface area contributed by atoms with E-state index in [1.165, 1.54) is 5.56 Å². The van der Waals surface area contributed by atoms with Gasteiger partial charge in [-0.15, -0.1) is 35.9 Å². The van der Waals surface area contributed by atoms with Gasteiger partial charge in [0.15, 0.2) is 0 Å². The molecule has 1 nitrogen and oxygen atoms in total. The molecule has 2 rings (SSSR count). The summed E-state index contributed by atoms with van der Waals surface area (Å²) in [6.45, 7) is 4.10. The number of nitrogens with zero attached hydrogens (tertiary/aromatic N) is 1. The largest absolute Gasteiger partial charge is 0.302 e. The Kier molecular flexibility index (Phi) is 4.19. The van der Waals surface area contributed by atoms with Crippen molar-refractivity contribution < 1.29 is 20.1 Å². The van der Waals surface area contributed by atoms with Crippen LogP contribution in [0.4, 0.5) is 0 Å². The number of hydrogen-bond donors (Lipinski definition) is 0. The maximum atomic E-state index is 4.47. The standard InChI is InChI=1S/C13H12N.Ir/c1-10-8-11(2)14-13(9-10)12-6-4-3-5-7-12;/h3-6,8-9H,1-2H3;/q-1;. The first-order valence-corrected chi connectivity index (χ1v) is 4.68. The summed E-state index contributed by atoms with van der Waals surface area (Å²) in [5.74, 6) is 0. The maximum Gasteiger partial charge on any atom is 0.0268 e. The van der Waals surface area contributed by atoms with E-state index in [0.29, 0.717) is 0 Å². The fourth-order valence-electron chi connectivity index (χ4n) is 1.53. The van der Waals surface area contributed by atoms with Gasteiger partial charge in [-0.05, 0) is 25.6 Å². The van der Waals surface area contributed by atoms with Crippen molar-refractivity contribution in [1.82, 2.24) is 4.98 Å². The van der Waals surface area contributed by atoms with E-state index in [9.17, 15) is 0 Å². The van der Waals surface area contributed by atoms with Crippen LogP contribution in [0, 0.1) is 19.9 Å². The molecular formula is C13H12IrN-. The van der Waals surface area contributed by atoms with Gasteiger partial charge in [0.05, 0.1) is 0 Å². The Morgan fingerprint density at radius 3 is 2.53 bits per heavy atom. The van der Waals surface area contributed by atoms with Crippen molar-refractivity contribution in [2.75, 3.05) is 0 Å². The third kappa shape index (κ3) is 2.98. The van der Waals surface area contributed by atoms with Gasteiger partial charge >= 0.3 is 0 Å². The van der Waals surface area contributed by atoms with Crippen LogP contribution >= 0.6 is 0 Å². The molecule has 1 aromatic heterocycles. The molecule has 79 valence electrons. The van der Waals surface area contributed by atoms with Crippen LogP contribution in [0.5, 0.6) is 0 Å². The zero-order valence-corrected chi connectivity index (χ0v) is 11.1. The van der Waals surface area contributed by atoms with E-state index in [1.54, 1.807) is 0 Å². The normalized spacial score (nSPS) is 9.47. The maximum absolute atomic E-state index is 4.47. The second-order valence-corrected chi connectivity index (χ2v) is 3.45. The van der Waals surface area contributed by atoms with Crippen molar-refractivity contribution in [1.29, 1.82) is 0 Å². The molecule has 0 N–H and O–H groups in total. The van der Waals surface area contributed by atoms with Gasteiger partial charge in [0.2, 0.25) is 0 Å². The van der Waals surface area contributed by atoms with Gasteiger partial charge in [-0.25, -0.2) is 0 Å². The van der Waals surface area contributed by atoms with Gasteiger partial charge in [0.1, 0.15) is 0 Å². The van der Waals surface area contributed by atoms with Gasteiger partial charge in [0, 0.05) is 25.8 Å². The Morgan fingerprint density at radius 1 is 1.13 bits per heavy atom. The number of rotatable bonds is 1. The van der Waals surface area contributed by atoms with Crippen LogP contribution in [0.15, 0.2) is 36.4 Å². The van der Waals surface area contributed by atoms with Gasteiger partial charge in [-0.3, -0.25) is 0 Å². The molecule has 0 saturated heterocycles. The Labute approximate surface area is 104 Å². The molecule has 0 saturated carbocycles. The molecule has 0 fully saturated rings. The third-order valence-corrected chi connectivity index (χ3v) is 2.08. The van der Waals surface area contributed by atoms with Gasteiger partial charge < -0.3 is 4.98 Å². The van der Waals surface area contributed by atoms with E-state index >= 15 is 0 Å². The van der Waals surface area contributed by atoms with Crippen molar-refractivity contribution in [3.8, 4) is 11.3 Å². The minimum Gasteiger partial charge on any atom is -0.302 e. The molecule has 2 heteroatoms. The Hall–Kier alpha value is -0.981. The van der Waals surface area contributed by atoms with Crippen LogP contribution in [-0.2, 0) is 20.1 Å². The topological polar surface area (TPSA) is 12.9 Å². The van der Waals surface area contributed by atoms with E-state index in [2.05, 4.69) is 30.1 Å². The van der Waals surface area contributed by atoms with E-state index in [1.807, 2.05) is 31.2 Å². The minimum atomic E-state index is 0. The second-order valence-electron chi connectivity index (χ2n) is 3.45. The summed E-state index contributed by atoms with van der Waals surface area (Å²) in [4.78, 5) is 4.47. The summed E-state index contributed by atoms with van der Waals surface area (Å²) >= 11 is 0. The number of aromatic nitrogens is 1. The molecular weight excluding hydrogens is 362 g/mol. The first kappa shape index (κ1) is 12.1. The van der Waals surface area contributed by atoms with Crippen LogP contribution in [0.25, 0.3) is 11.3 Å². The van der Waals surface area contributed by atoms with E-state index in [4.69, 9.17) is 0 Å². The molecule has 1 heterocycles. The summed E-state index contributed by atoms with van der Waals surface area (Å²) < 4.78 is 0. The summed E-state index contributed by atoms with van der Waals surface area (Å²) in [6.07, 6.45) is 0. The first-order chi connectivity index (χ1) is 6.75. The molecule has 0 unspecified atom stereocenters. The molecule has 0 amide bonds. The Balaban J connectivity index is 0.00000112. The third-order valence-electron chi connectivity index (χ3n) is 2.08. The van der Waals surface area contributed by atoms with Gasteiger partial charge in [-0.1, -0.05) is 11.6 Å². The molecule has 0 aliphatic heterocycles. The molecule has 0 aliphatic carbocycles.